The third-order valence-electron chi connectivity index (χ3n) is 1.91. The molecule has 0 aliphatic heterocycles. The minimum Gasteiger partial charge on any atom is -0.480 e. The summed E-state index contributed by atoms with van der Waals surface area (Å²) in [4.78, 5) is 12.7. The molecule has 0 saturated heterocycles. The summed E-state index contributed by atoms with van der Waals surface area (Å²) in [6.45, 7) is 2.60. The van der Waals surface area contributed by atoms with Gasteiger partial charge in [-0.15, -0.1) is 0 Å². The van der Waals surface area contributed by atoms with E-state index in [1.165, 1.54) is 0 Å². The van der Waals surface area contributed by atoms with Crippen LogP contribution in [0.15, 0.2) is 0 Å². The van der Waals surface area contributed by atoms with Crippen LogP contribution in [0.3, 0.4) is 0 Å². The average molecular weight is 221 g/mol. The minimum atomic E-state index is -1.23. The van der Waals surface area contributed by atoms with Crippen molar-refractivity contribution in [1.82, 2.24) is 4.90 Å². The maximum absolute atomic E-state index is 11.5. The molecule has 1 N–H and O–H groups in total. The molecular formula is C9H19NO3S. The number of hydrogen-bond donors (Lipinski definition) is 1. The smallest absolute Gasteiger partial charge is 0.319 e. The summed E-state index contributed by atoms with van der Waals surface area (Å²) in [5, 5.41) is 8.05. The van der Waals surface area contributed by atoms with E-state index in [0.717, 1.165) is 13.0 Å². The molecule has 0 aliphatic carbocycles. The van der Waals surface area contributed by atoms with E-state index in [-0.39, 0.29) is 0 Å². The molecular weight excluding hydrogens is 202 g/mol. The molecule has 0 amide bonds. The molecule has 84 valence electrons. The molecule has 0 aromatic rings. The molecule has 0 aliphatic rings. The lowest BCUT2D eigenvalue weighted by Gasteiger charge is -2.11. The maximum Gasteiger partial charge on any atom is 0.319 e. The van der Waals surface area contributed by atoms with Gasteiger partial charge in [-0.1, -0.05) is 6.92 Å². The summed E-state index contributed by atoms with van der Waals surface area (Å²) in [6.07, 6.45) is 1.22. The largest absolute Gasteiger partial charge is 0.480 e. The number of carboxylic acid groups (broad SMARTS) is 1. The summed E-state index contributed by atoms with van der Waals surface area (Å²) >= 11 is 0. The van der Waals surface area contributed by atoms with Crippen molar-refractivity contribution in [2.45, 2.75) is 25.0 Å². The highest BCUT2D eigenvalue weighted by Crippen LogP contribution is 2.04. The van der Waals surface area contributed by atoms with Crippen LogP contribution < -0.4 is 0 Å². The average Bonchev–Trinajstić information content (AvgIpc) is 2.03. The van der Waals surface area contributed by atoms with Gasteiger partial charge in [0.25, 0.3) is 0 Å². The Balaban J connectivity index is 3.87. The molecule has 0 fully saturated rings. The van der Waals surface area contributed by atoms with Crippen molar-refractivity contribution in [1.29, 1.82) is 0 Å². The highest BCUT2D eigenvalue weighted by molar-refractivity contribution is 7.86. The van der Waals surface area contributed by atoms with Crippen LogP contribution >= 0.6 is 0 Å². The van der Waals surface area contributed by atoms with Gasteiger partial charge in [0.2, 0.25) is 0 Å². The van der Waals surface area contributed by atoms with E-state index in [1.54, 1.807) is 6.92 Å². The van der Waals surface area contributed by atoms with Crippen molar-refractivity contribution in [2.75, 3.05) is 26.4 Å². The molecule has 0 heterocycles. The monoisotopic (exact) mass is 221 g/mol. The zero-order chi connectivity index (χ0) is 11.1. The van der Waals surface area contributed by atoms with Crippen molar-refractivity contribution in [2.24, 2.45) is 0 Å². The van der Waals surface area contributed by atoms with E-state index in [0.29, 0.717) is 12.2 Å². The first-order chi connectivity index (χ1) is 6.49. The van der Waals surface area contributed by atoms with Crippen LogP contribution in [0.5, 0.6) is 0 Å². The first-order valence-electron chi connectivity index (χ1n) is 4.73. The Labute approximate surface area is 87.7 Å². The summed E-state index contributed by atoms with van der Waals surface area (Å²) in [5.74, 6) is -0.473. The second kappa shape index (κ2) is 6.95. The predicted octanol–water partition coefficient (Wildman–Crippen LogP) is 0.550. The number of hydrogen-bond acceptors (Lipinski definition) is 3. The Hall–Kier alpha value is -0.420. The molecule has 0 rings (SSSR count). The zero-order valence-corrected chi connectivity index (χ0v) is 9.84. The molecule has 0 saturated carbocycles. The Kier molecular flexibility index (Phi) is 6.74. The van der Waals surface area contributed by atoms with Crippen molar-refractivity contribution in [3.05, 3.63) is 0 Å². The van der Waals surface area contributed by atoms with E-state index in [1.807, 2.05) is 19.0 Å². The zero-order valence-electron chi connectivity index (χ0n) is 9.02. The lowest BCUT2D eigenvalue weighted by molar-refractivity contribution is -0.136. The van der Waals surface area contributed by atoms with Crippen LogP contribution in [-0.2, 0) is 15.6 Å². The Morgan fingerprint density at radius 2 is 2.07 bits per heavy atom. The Morgan fingerprint density at radius 3 is 2.43 bits per heavy atom. The standard InChI is InChI=1S/C9H19NO3S/c1-4-8(9(11)12)14(13)7-5-6-10(2)3/h8H,4-7H2,1-3H3,(H,11,12). The third-order valence-corrected chi connectivity index (χ3v) is 3.78. The molecule has 0 radical (unpaired) electrons. The first kappa shape index (κ1) is 13.6. The number of carboxylic acids is 1. The molecule has 2 atom stereocenters. The summed E-state index contributed by atoms with van der Waals surface area (Å²) in [5.41, 5.74) is 0. The maximum atomic E-state index is 11.5. The number of rotatable bonds is 7. The highest BCUT2D eigenvalue weighted by Gasteiger charge is 2.21. The number of nitrogens with zero attached hydrogens (tertiary/aromatic N) is 1. The predicted molar refractivity (Wildman–Crippen MR) is 57.9 cm³/mol. The van der Waals surface area contributed by atoms with E-state index in [4.69, 9.17) is 5.11 Å². The van der Waals surface area contributed by atoms with Gasteiger partial charge in [-0.05, 0) is 33.5 Å². The van der Waals surface area contributed by atoms with Crippen LogP contribution in [0, 0.1) is 0 Å². The molecule has 0 aromatic carbocycles. The third kappa shape index (κ3) is 5.34. The van der Waals surface area contributed by atoms with Gasteiger partial charge < -0.3 is 10.0 Å². The lowest BCUT2D eigenvalue weighted by Crippen LogP contribution is -2.27. The van der Waals surface area contributed by atoms with Gasteiger partial charge in [0.1, 0.15) is 5.25 Å². The summed E-state index contributed by atoms with van der Waals surface area (Å²) < 4.78 is 11.5. The molecule has 0 aromatic heterocycles. The fourth-order valence-corrected chi connectivity index (χ4v) is 2.43. The molecule has 14 heavy (non-hydrogen) atoms. The Bertz CT molecular complexity index is 206. The molecule has 2 unspecified atom stereocenters. The van der Waals surface area contributed by atoms with Gasteiger partial charge in [-0.2, -0.15) is 0 Å². The van der Waals surface area contributed by atoms with E-state index < -0.39 is 22.0 Å². The summed E-state index contributed by atoms with van der Waals surface area (Å²) in [7, 11) is 2.65. The molecule has 0 bridgehead atoms. The number of carbonyl (C=O) groups is 1. The van der Waals surface area contributed by atoms with Crippen LogP contribution in [0.2, 0.25) is 0 Å². The van der Waals surface area contributed by atoms with E-state index in [9.17, 15) is 9.00 Å². The van der Waals surface area contributed by atoms with Gasteiger partial charge in [-0.25, -0.2) is 0 Å². The van der Waals surface area contributed by atoms with Gasteiger partial charge in [0, 0.05) is 16.6 Å². The van der Waals surface area contributed by atoms with E-state index in [2.05, 4.69) is 0 Å². The quantitative estimate of drug-likeness (QED) is 0.682. The fraction of sp³-hybridized carbons (Fsp3) is 0.889. The highest BCUT2D eigenvalue weighted by atomic mass is 32.2. The lowest BCUT2D eigenvalue weighted by atomic mass is 10.3. The summed E-state index contributed by atoms with van der Waals surface area (Å²) in [6, 6.07) is 0. The van der Waals surface area contributed by atoms with Gasteiger partial charge in [-0.3, -0.25) is 9.00 Å². The normalized spacial score (nSPS) is 15.4. The van der Waals surface area contributed by atoms with Gasteiger partial charge in [0.15, 0.2) is 0 Å². The van der Waals surface area contributed by atoms with Crippen LogP contribution in [0.4, 0.5) is 0 Å². The van der Waals surface area contributed by atoms with Crippen molar-refractivity contribution >= 4 is 16.8 Å². The SMILES string of the molecule is CCC(C(=O)O)S(=O)CCCN(C)C. The van der Waals surface area contributed by atoms with Gasteiger partial charge >= 0.3 is 5.97 Å². The van der Waals surface area contributed by atoms with Crippen molar-refractivity contribution in [3.63, 3.8) is 0 Å². The topological polar surface area (TPSA) is 57.6 Å². The van der Waals surface area contributed by atoms with Crippen LogP contribution in [-0.4, -0.2) is 51.8 Å². The molecule has 0 spiro atoms. The molecule has 5 heteroatoms. The second-order valence-electron chi connectivity index (χ2n) is 3.48. The first-order valence-corrected chi connectivity index (χ1v) is 6.12. The van der Waals surface area contributed by atoms with E-state index >= 15 is 0 Å². The minimum absolute atomic E-state index is 0.434. The second-order valence-corrected chi connectivity index (χ2v) is 5.22. The van der Waals surface area contributed by atoms with Crippen LogP contribution in [0.25, 0.3) is 0 Å². The Morgan fingerprint density at radius 1 is 1.50 bits per heavy atom. The fourth-order valence-electron chi connectivity index (χ4n) is 1.14. The van der Waals surface area contributed by atoms with Crippen molar-refractivity contribution in [3.8, 4) is 0 Å². The van der Waals surface area contributed by atoms with Crippen molar-refractivity contribution < 1.29 is 14.1 Å². The number of aliphatic carboxylic acids is 1. The van der Waals surface area contributed by atoms with Gasteiger partial charge in [0.05, 0.1) is 0 Å². The molecule has 4 nitrogen and oxygen atoms in total. The van der Waals surface area contributed by atoms with Crippen LogP contribution in [0.1, 0.15) is 19.8 Å².